The Morgan fingerprint density at radius 2 is 1.65 bits per heavy atom. The highest BCUT2D eigenvalue weighted by atomic mass is 16.2. The third-order valence-corrected chi connectivity index (χ3v) is 7.32. The molecule has 0 unspecified atom stereocenters. The molecular formula is C31H43N5O4. The van der Waals surface area contributed by atoms with Crippen LogP contribution < -0.4 is 21.3 Å². The molecule has 1 fully saturated rings. The predicted octanol–water partition coefficient (Wildman–Crippen LogP) is 2.19. The van der Waals surface area contributed by atoms with Crippen LogP contribution in [0.15, 0.2) is 54.6 Å². The molecule has 4 N–H and O–H groups in total. The molecule has 1 heterocycles. The maximum Gasteiger partial charge on any atom is 0.251 e. The molecule has 2 aromatic carbocycles. The third kappa shape index (κ3) is 8.14. The van der Waals surface area contributed by atoms with Gasteiger partial charge in [0.05, 0.1) is 6.04 Å². The molecule has 4 atom stereocenters. The Morgan fingerprint density at radius 1 is 1.00 bits per heavy atom. The summed E-state index contributed by atoms with van der Waals surface area (Å²) in [6, 6.07) is 14.5. The van der Waals surface area contributed by atoms with E-state index in [1.54, 1.807) is 26.1 Å². The van der Waals surface area contributed by atoms with Crippen molar-refractivity contribution in [2.45, 2.75) is 71.6 Å². The van der Waals surface area contributed by atoms with Crippen molar-refractivity contribution >= 4 is 23.6 Å². The van der Waals surface area contributed by atoms with Crippen molar-refractivity contribution < 1.29 is 19.2 Å². The fourth-order valence-corrected chi connectivity index (χ4v) is 4.71. The summed E-state index contributed by atoms with van der Waals surface area (Å²) < 4.78 is 0. The van der Waals surface area contributed by atoms with Gasteiger partial charge in [0.25, 0.3) is 5.91 Å². The van der Waals surface area contributed by atoms with Gasteiger partial charge in [-0.3, -0.25) is 19.2 Å². The lowest BCUT2D eigenvalue weighted by Gasteiger charge is -2.36. The molecule has 0 spiro atoms. The van der Waals surface area contributed by atoms with Crippen molar-refractivity contribution in [1.29, 1.82) is 0 Å². The van der Waals surface area contributed by atoms with Gasteiger partial charge in [-0.1, -0.05) is 68.8 Å². The Labute approximate surface area is 237 Å². The van der Waals surface area contributed by atoms with Crippen LogP contribution in [0, 0.1) is 12.3 Å². The lowest BCUT2D eigenvalue weighted by Crippen LogP contribution is -2.59. The zero-order chi connectivity index (χ0) is 29.4. The average molecular weight is 550 g/mol. The lowest BCUT2D eigenvalue weighted by molar-refractivity contribution is -0.144. The molecular weight excluding hydrogens is 506 g/mol. The second-order valence-corrected chi connectivity index (χ2v) is 11.6. The lowest BCUT2D eigenvalue weighted by atomic mass is 9.85. The Balaban J connectivity index is 1.79. The van der Waals surface area contributed by atoms with E-state index in [4.69, 9.17) is 0 Å². The van der Waals surface area contributed by atoms with Gasteiger partial charge in [-0.05, 0) is 56.8 Å². The standard InChI is InChI=1S/C31H43N5O4/c1-20-12-14-23(15-13-20)28(38)34-24-18-25(29(39)33-17-16-22-10-8-7-9-11-22)36(19-24)30(40)26(31(3,4)5)35-27(37)21(2)32-6/h7-15,21,24-26,32H,16-19H2,1-6H3,(H,33,39)(H,34,38)(H,35,37)/t21-,24-,25-,26+/m0/s1. The number of carbonyl (C=O) groups excluding carboxylic acids is 4. The van der Waals surface area contributed by atoms with Crippen LogP contribution in [0.25, 0.3) is 0 Å². The Bertz CT molecular complexity index is 1180. The molecule has 1 saturated heterocycles. The second kappa shape index (κ2) is 13.6. The van der Waals surface area contributed by atoms with Crippen LogP contribution in [-0.4, -0.2) is 72.8 Å². The van der Waals surface area contributed by atoms with Gasteiger partial charge in [0.2, 0.25) is 17.7 Å². The summed E-state index contributed by atoms with van der Waals surface area (Å²) >= 11 is 0. The fourth-order valence-electron chi connectivity index (χ4n) is 4.71. The van der Waals surface area contributed by atoms with Crippen molar-refractivity contribution in [2.24, 2.45) is 5.41 Å². The van der Waals surface area contributed by atoms with Gasteiger partial charge in [0.15, 0.2) is 0 Å². The molecule has 1 aliphatic heterocycles. The first kappa shape index (κ1) is 30.8. The molecule has 9 nitrogen and oxygen atoms in total. The number of amides is 4. The average Bonchev–Trinajstić information content (AvgIpc) is 3.34. The number of likely N-dealkylation sites (N-methyl/N-ethyl adjacent to an activating group) is 1. The molecule has 4 amide bonds. The zero-order valence-corrected chi connectivity index (χ0v) is 24.4. The summed E-state index contributed by atoms with van der Waals surface area (Å²) in [7, 11) is 1.68. The largest absolute Gasteiger partial charge is 0.354 e. The first-order valence-electron chi connectivity index (χ1n) is 13.9. The predicted molar refractivity (Wildman–Crippen MR) is 156 cm³/mol. The smallest absolute Gasteiger partial charge is 0.251 e. The van der Waals surface area contributed by atoms with Crippen molar-refractivity contribution in [3.8, 4) is 0 Å². The summed E-state index contributed by atoms with van der Waals surface area (Å²) in [6.07, 6.45) is 0.932. The first-order chi connectivity index (χ1) is 18.9. The second-order valence-electron chi connectivity index (χ2n) is 11.6. The Kier molecular flexibility index (Phi) is 10.5. The molecule has 3 rings (SSSR count). The summed E-state index contributed by atoms with van der Waals surface area (Å²) in [6.45, 7) is 9.88. The Hall–Kier alpha value is -3.72. The number of aryl methyl sites for hydroxylation is 1. The van der Waals surface area contributed by atoms with E-state index in [0.717, 1.165) is 11.1 Å². The topological polar surface area (TPSA) is 120 Å². The number of carbonyl (C=O) groups is 4. The van der Waals surface area contributed by atoms with Crippen molar-refractivity contribution in [3.05, 3.63) is 71.3 Å². The van der Waals surface area contributed by atoms with Gasteiger partial charge in [0.1, 0.15) is 12.1 Å². The van der Waals surface area contributed by atoms with Crippen LogP contribution in [0.2, 0.25) is 0 Å². The van der Waals surface area contributed by atoms with Crippen LogP contribution >= 0.6 is 0 Å². The minimum absolute atomic E-state index is 0.164. The van der Waals surface area contributed by atoms with E-state index >= 15 is 0 Å². The SMILES string of the molecule is CN[C@@H](C)C(=O)N[C@H](C(=O)N1C[C@@H](NC(=O)c2ccc(C)cc2)C[C@H]1C(=O)NCCc1ccccc1)C(C)(C)C. The molecule has 0 saturated carbocycles. The van der Waals surface area contributed by atoms with E-state index in [-0.39, 0.29) is 36.6 Å². The molecule has 0 bridgehead atoms. The van der Waals surface area contributed by atoms with Crippen LogP contribution in [0.4, 0.5) is 0 Å². The number of benzene rings is 2. The number of nitrogens with one attached hydrogen (secondary N) is 4. The quantitative estimate of drug-likeness (QED) is 0.362. The van der Waals surface area contributed by atoms with E-state index in [9.17, 15) is 19.2 Å². The monoisotopic (exact) mass is 549 g/mol. The molecule has 9 heteroatoms. The van der Waals surface area contributed by atoms with E-state index < -0.39 is 29.6 Å². The van der Waals surface area contributed by atoms with Crippen LogP contribution in [-0.2, 0) is 20.8 Å². The van der Waals surface area contributed by atoms with E-state index in [1.807, 2.05) is 70.2 Å². The number of rotatable bonds is 10. The zero-order valence-electron chi connectivity index (χ0n) is 24.4. The fraction of sp³-hybridized carbons (Fsp3) is 0.484. The van der Waals surface area contributed by atoms with Crippen molar-refractivity contribution in [1.82, 2.24) is 26.2 Å². The van der Waals surface area contributed by atoms with Gasteiger partial charge < -0.3 is 26.2 Å². The molecule has 0 aromatic heterocycles. The summed E-state index contributed by atoms with van der Waals surface area (Å²) in [5.74, 6) is -1.19. The third-order valence-electron chi connectivity index (χ3n) is 7.32. The van der Waals surface area contributed by atoms with E-state index in [1.165, 1.54) is 4.90 Å². The summed E-state index contributed by atoms with van der Waals surface area (Å²) in [4.78, 5) is 54.6. The molecule has 0 radical (unpaired) electrons. The van der Waals surface area contributed by atoms with Gasteiger partial charge in [0, 0.05) is 24.7 Å². The molecule has 0 aliphatic carbocycles. The number of nitrogens with zero attached hydrogens (tertiary/aromatic N) is 1. The number of hydrogen-bond donors (Lipinski definition) is 4. The van der Waals surface area contributed by atoms with E-state index in [0.29, 0.717) is 18.5 Å². The molecule has 2 aromatic rings. The van der Waals surface area contributed by atoms with E-state index in [2.05, 4.69) is 21.3 Å². The summed E-state index contributed by atoms with van der Waals surface area (Å²) in [5.41, 5.74) is 2.04. The van der Waals surface area contributed by atoms with Gasteiger partial charge in [-0.25, -0.2) is 0 Å². The minimum atomic E-state index is -0.859. The molecule has 216 valence electrons. The highest BCUT2D eigenvalue weighted by molar-refractivity contribution is 5.96. The van der Waals surface area contributed by atoms with Gasteiger partial charge in [-0.2, -0.15) is 0 Å². The normalized spacial score (nSPS) is 18.5. The minimum Gasteiger partial charge on any atom is -0.354 e. The van der Waals surface area contributed by atoms with Crippen LogP contribution in [0.5, 0.6) is 0 Å². The van der Waals surface area contributed by atoms with Gasteiger partial charge in [-0.15, -0.1) is 0 Å². The first-order valence-corrected chi connectivity index (χ1v) is 13.9. The van der Waals surface area contributed by atoms with Crippen LogP contribution in [0.1, 0.15) is 55.6 Å². The maximum atomic E-state index is 14.0. The molecule has 1 aliphatic rings. The van der Waals surface area contributed by atoms with Crippen LogP contribution in [0.3, 0.4) is 0 Å². The van der Waals surface area contributed by atoms with Crippen molar-refractivity contribution in [3.63, 3.8) is 0 Å². The van der Waals surface area contributed by atoms with Crippen molar-refractivity contribution in [2.75, 3.05) is 20.1 Å². The maximum absolute atomic E-state index is 14.0. The highest BCUT2D eigenvalue weighted by Gasteiger charge is 2.45. The molecule has 40 heavy (non-hydrogen) atoms. The number of likely N-dealkylation sites (tertiary alicyclic amines) is 1. The highest BCUT2D eigenvalue weighted by Crippen LogP contribution is 2.26. The summed E-state index contributed by atoms with van der Waals surface area (Å²) in [5, 5.41) is 11.8. The number of hydrogen-bond acceptors (Lipinski definition) is 5. The Morgan fingerprint density at radius 3 is 2.25 bits per heavy atom. The van der Waals surface area contributed by atoms with Gasteiger partial charge >= 0.3 is 0 Å².